The van der Waals surface area contributed by atoms with Gasteiger partial charge in [0, 0.05) is 31.1 Å². The highest BCUT2D eigenvalue weighted by atomic mass is 35.5. The van der Waals surface area contributed by atoms with Gasteiger partial charge in [0.05, 0.1) is 0 Å². The third kappa shape index (κ3) is 6.15. The summed E-state index contributed by atoms with van der Waals surface area (Å²) in [5.41, 5.74) is 2.47. The lowest BCUT2D eigenvalue weighted by Gasteiger charge is -2.32. The van der Waals surface area contributed by atoms with E-state index in [2.05, 4.69) is 28.4 Å². The van der Waals surface area contributed by atoms with Crippen LogP contribution in [0.5, 0.6) is 0 Å². The number of rotatable bonds is 7. The van der Waals surface area contributed by atoms with Crippen LogP contribution < -0.4 is 5.32 Å². The molecule has 1 heterocycles. The lowest BCUT2D eigenvalue weighted by atomic mass is 9.97. The first-order chi connectivity index (χ1) is 12.7. The van der Waals surface area contributed by atoms with E-state index in [4.69, 9.17) is 11.6 Å². The van der Waals surface area contributed by atoms with Crippen molar-refractivity contribution in [1.29, 1.82) is 0 Å². The van der Waals surface area contributed by atoms with E-state index in [0.717, 1.165) is 37.6 Å². The maximum atomic E-state index is 12.1. The number of nitrogens with one attached hydrogen (secondary N) is 1. The fraction of sp³-hybridized carbons (Fsp3) is 0.409. The summed E-state index contributed by atoms with van der Waals surface area (Å²) in [7, 11) is 0. The van der Waals surface area contributed by atoms with Gasteiger partial charge in [-0.2, -0.15) is 0 Å². The lowest BCUT2D eigenvalue weighted by molar-refractivity contribution is -0.121. The number of amides is 1. The number of piperidine rings is 1. The molecule has 1 fully saturated rings. The van der Waals surface area contributed by atoms with Crippen LogP contribution in [0.4, 0.5) is 0 Å². The molecule has 1 aliphatic rings. The Morgan fingerprint density at radius 1 is 1.12 bits per heavy atom. The van der Waals surface area contributed by atoms with Crippen LogP contribution in [-0.2, 0) is 17.8 Å². The summed E-state index contributed by atoms with van der Waals surface area (Å²) >= 11 is 6.08. The summed E-state index contributed by atoms with van der Waals surface area (Å²) in [5.74, 6) is 0.685. The number of benzene rings is 2. The first-order valence-corrected chi connectivity index (χ1v) is 9.84. The van der Waals surface area contributed by atoms with Crippen molar-refractivity contribution in [2.75, 3.05) is 19.6 Å². The van der Waals surface area contributed by atoms with Gasteiger partial charge in [-0.1, -0.05) is 54.1 Å². The molecule has 1 amide bonds. The van der Waals surface area contributed by atoms with Crippen molar-refractivity contribution >= 4 is 17.5 Å². The highest BCUT2D eigenvalue weighted by Gasteiger charge is 2.20. The number of halogens is 1. The Labute approximate surface area is 161 Å². The molecule has 1 N–H and O–H groups in total. The van der Waals surface area contributed by atoms with Crippen molar-refractivity contribution in [2.45, 2.75) is 32.2 Å². The largest absolute Gasteiger partial charge is 0.356 e. The number of carbonyl (C=O) groups excluding carboxylic acids is 1. The predicted molar refractivity (Wildman–Crippen MR) is 107 cm³/mol. The number of carbonyl (C=O) groups is 1. The zero-order chi connectivity index (χ0) is 18.2. The molecule has 0 unspecified atom stereocenters. The summed E-state index contributed by atoms with van der Waals surface area (Å²) in [4.78, 5) is 14.6. The van der Waals surface area contributed by atoms with E-state index < -0.39 is 0 Å². The van der Waals surface area contributed by atoms with E-state index in [1.54, 1.807) is 0 Å². The summed E-state index contributed by atoms with van der Waals surface area (Å²) < 4.78 is 0. The molecule has 0 radical (unpaired) electrons. The Morgan fingerprint density at radius 3 is 2.73 bits per heavy atom. The van der Waals surface area contributed by atoms with Crippen LogP contribution in [0, 0.1) is 5.92 Å². The molecule has 0 bridgehead atoms. The van der Waals surface area contributed by atoms with E-state index in [9.17, 15) is 4.79 Å². The second kappa shape index (κ2) is 9.75. The minimum absolute atomic E-state index is 0.154. The van der Waals surface area contributed by atoms with E-state index >= 15 is 0 Å². The van der Waals surface area contributed by atoms with E-state index in [1.165, 1.54) is 24.0 Å². The average Bonchev–Trinajstić information content (AvgIpc) is 2.66. The lowest BCUT2D eigenvalue weighted by Crippen LogP contribution is -2.40. The number of nitrogens with zero attached hydrogens (tertiary/aromatic N) is 1. The average molecular weight is 371 g/mol. The predicted octanol–water partition coefficient (Wildman–Crippen LogP) is 4.30. The molecule has 26 heavy (non-hydrogen) atoms. The first kappa shape index (κ1) is 18.9. The highest BCUT2D eigenvalue weighted by molar-refractivity contribution is 6.30. The molecule has 0 aliphatic carbocycles. The molecule has 1 aliphatic heterocycles. The quantitative estimate of drug-likeness (QED) is 0.788. The molecule has 0 aromatic heterocycles. The zero-order valence-electron chi connectivity index (χ0n) is 15.2. The van der Waals surface area contributed by atoms with Gasteiger partial charge in [-0.3, -0.25) is 9.69 Å². The van der Waals surface area contributed by atoms with Crippen LogP contribution >= 0.6 is 11.6 Å². The minimum Gasteiger partial charge on any atom is -0.356 e. The van der Waals surface area contributed by atoms with Crippen LogP contribution in [0.15, 0.2) is 54.6 Å². The monoisotopic (exact) mass is 370 g/mol. The van der Waals surface area contributed by atoms with Gasteiger partial charge in [0.15, 0.2) is 0 Å². The van der Waals surface area contributed by atoms with Crippen LogP contribution in [-0.4, -0.2) is 30.4 Å². The zero-order valence-corrected chi connectivity index (χ0v) is 15.9. The van der Waals surface area contributed by atoms with Gasteiger partial charge in [0.2, 0.25) is 5.91 Å². The first-order valence-electron chi connectivity index (χ1n) is 9.46. The topological polar surface area (TPSA) is 32.3 Å². The van der Waals surface area contributed by atoms with Gasteiger partial charge >= 0.3 is 0 Å². The Bertz CT molecular complexity index is 704. The van der Waals surface area contributed by atoms with Gasteiger partial charge in [0.25, 0.3) is 0 Å². The van der Waals surface area contributed by atoms with Crippen LogP contribution in [0.2, 0.25) is 5.02 Å². The Hall–Kier alpha value is -1.84. The highest BCUT2D eigenvalue weighted by Crippen LogP contribution is 2.19. The van der Waals surface area contributed by atoms with Crippen LogP contribution in [0.3, 0.4) is 0 Å². The normalized spacial score (nSPS) is 17.8. The van der Waals surface area contributed by atoms with Gasteiger partial charge in [-0.25, -0.2) is 0 Å². The van der Waals surface area contributed by atoms with E-state index in [-0.39, 0.29) is 5.91 Å². The van der Waals surface area contributed by atoms with Gasteiger partial charge < -0.3 is 5.32 Å². The fourth-order valence-electron chi connectivity index (χ4n) is 3.60. The Morgan fingerprint density at radius 2 is 1.92 bits per heavy atom. The molecule has 138 valence electrons. The Balaban J connectivity index is 1.40. The molecular weight excluding hydrogens is 344 g/mol. The fourth-order valence-corrected chi connectivity index (χ4v) is 3.82. The number of aryl methyl sites for hydroxylation is 1. The molecule has 2 aromatic rings. The van der Waals surface area contributed by atoms with Crippen molar-refractivity contribution in [2.24, 2.45) is 5.92 Å². The van der Waals surface area contributed by atoms with Crippen molar-refractivity contribution in [1.82, 2.24) is 10.2 Å². The SMILES string of the molecule is O=C(CCc1ccccc1)NC[C@@H]1CCCN(Cc2cccc(Cl)c2)C1. The standard InChI is InChI=1S/C22H27ClN2O/c23-21-10-4-8-19(14-21)16-25-13-5-9-20(17-25)15-24-22(26)12-11-18-6-2-1-3-7-18/h1-4,6-8,10,14,20H,5,9,11-13,15-17H2,(H,24,26)/t20-/m0/s1. The second-order valence-electron chi connectivity index (χ2n) is 7.16. The van der Waals surface area contributed by atoms with Crippen molar-refractivity contribution in [3.05, 3.63) is 70.7 Å². The van der Waals surface area contributed by atoms with Gasteiger partial charge in [-0.15, -0.1) is 0 Å². The van der Waals surface area contributed by atoms with Gasteiger partial charge in [-0.05, 0) is 55.0 Å². The number of likely N-dealkylation sites (tertiary alicyclic amines) is 1. The van der Waals surface area contributed by atoms with Crippen LogP contribution in [0.25, 0.3) is 0 Å². The molecule has 0 spiro atoms. The second-order valence-corrected chi connectivity index (χ2v) is 7.60. The Kier molecular flexibility index (Phi) is 7.10. The third-order valence-corrected chi connectivity index (χ3v) is 5.20. The third-order valence-electron chi connectivity index (χ3n) is 4.97. The molecule has 3 nitrogen and oxygen atoms in total. The summed E-state index contributed by atoms with van der Waals surface area (Å²) in [5, 5.41) is 3.92. The maximum Gasteiger partial charge on any atom is 0.220 e. The summed E-state index contributed by atoms with van der Waals surface area (Å²) in [6.45, 7) is 3.86. The smallest absolute Gasteiger partial charge is 0.220 e. The molecular formula is C22H27ClN2O. The molecule has 0 saturated carbocycles. The number of hydrogen-bond donors (Lipinski definition) is 1. The molecule has 1 atom stereocenters. The van der Waals surface area contributed by atoms with E-state index in [0.29, 0.717) is 12.3 Å². The molecule has 3 rings (SSSR count). The maximum absolute atomic E-state index is 12.1. The molecule has 1 saturated heterocycles. The van der Waals surface area contributed by atoms with E-state index in [1.807, 2.05) is 36.4 Å². The van der Waals surface area contributed by atoms with Crippen molar-refractivity contribution in [3.63, 3.8) is 0 Å². The summed E-state index contributed by atoms with van der Waals surface area (Å²) in [6.07, 6.45) is 3.73. The van der Waals surface area contributed by atoms with Crippen molar-refractivity contribution < 1.29 is 4.79 Å². The number of hydrogen-bond acceptors (Lipinski definition) is 2. The van der Waals surface area contributed by atoms with Crippen LogP contribution in [0.1, 0.15) is 30.4 Å². The molecule has 4 heteroatoms. The molecule has 2 aromatic carbocycles. The minimum atomic E-state index is 0.154. The summed E-state index contributed by atoms with van der Waals surface area (Å²) in [6, 6.07) is 18.3. The van der Waals surface area contributed by atoms with Gasteiger partial charge in [0.1, 0.15) is 0 Å². The van der Waals surface area contributed by atoms with Crippen molar-refractivity contribution in [3.8, 4) is 0 Å².